The van der Waals surface area contributed by atoms with Crippen LogP contribution in [0.25, 0.3) is 17.2 Å². The molecule has 0 saturated heterocycles. The van der Waals surface area contributed by atoms with Crippen LogP contribution in [0.15, 0.2) is 34.8 Å². The zero-order valence-electron chi connectivity index (χ0n) is 13.3. The highest BCUT2D eigenvalue weighted by molar-refractivity contribution is 5.91. The van der Waals surface area contributed by atoms with E-state index in [-0.39, 0.29) is 18.6 Å². The van der Waals surface area contributed by atoms with Crippen LogP contribution in [0.2, 0.25) is 0 Å². The molecule has 1 aliphatic rings. The summed E-state index contributed by atoms with van der Waals surface area (Å²) in [6.45, 7) is 0.252. The molecule has 1 fully saturated rings. The van der Waals surface area contributed by atoms with Crippen LogP contribution in [0, 0.1) is 5.92 Å². The van der Waals surface area contributed by atoms with Gasteiger partial charge in [0.15, 0.2) is 5.58 Å². The Morgan fingerprint density at radius 2 is 2.09 bits per heavy atom. The number of oxazole rings is 1. The molecule has 122 valence electrons. The Morgan fingerprint density at radius 3 is 2.78 bits per heavy atom. The zero-order chi connectivity index (χ0) is 16.2. The highest BCUT2D eigenvalue weighted by Crippen LogP contribution is 2.26. The maximum Gasteiger partial charge on any atom is 0.246 e. The highest BCUT2D eigenvalue weighted by atomic mass is 16.3. The van der Waals surface area contributed by atoms with E-state index in [1.165, 1.54) is 6.08 Å². The smallest absolute Gasteiger partial charge is 0.246 e. The first-order valence-corrected chi connectivity index (χ1v) is 8.08. The second-order valence-electron chi connectivity index (χ2n) is 6.16. The van der Waals surface area contributed by atoms with Gasteiger partial charge in [-0.25, -0.2) is 4.98 Å². The molecule has 5 nitrogen and oxygen atoms in total. The molecule has 1 aromatic heterocycles. The molecule has 0 spiro atoms. The van der Waals surface area contributed by atoms with Crippen molar-refractivity contribution in [1.82, 2.24) is 9.88 Å². The summed E-state index contributed by atoms with van der Waals surface area (Å²) in [6.07, 6.45) is 7.00. The Morgan fingerprint density at radius 1 is 1.35 bits per heavy atom. The molecule has 1 aromatic carbocycles. The van der Waals surface area contributed by atoms with Crippen LogP contribution in [-0.2, 0) is 4.79 Å². The third-order valence-corrected chi connectivity index (χ3v) is 4.65. The molecule has 0 aliphatic heterocycles. The molecule has 5 heteroatoms. The maximum atomic E-state index is 12.3. The number of rotatable bonds is 4. The van der Waals surface area contributed by atoms with Crippen molar-refractivity contribution in [2.24, 2.45) is 5.92 Å². The number of para-hydroxylation sites is 2. The molecule has 1 N–H and O–H groups in total. The van der Waals surface area contributed by atoms with Gasteiger partial charge >= 0.3 is 0 Å². The number of amides is 1. The van der Waals surface area contributed by atoms with E-state index in [0.717, 1.165) is 36.8 Å². The third-order valence-electron chi connectivity index (χ3n) is 4.65. The number of hydrogen-bond donors (Lipinski definition) is 1. The number of likely N-dealkylation sites (N-methyl/N-ethyl adjacent to an activating group) is 1. The first-order chi connectivity index (χ1) is 11.2. The Balaban J connectivity index is 1.61. The first kappa shape index (κ1) is 15.7. The van der Waals surface area contributed by atoms with E-state index in [1.54, 1.807) is 11.0 Å². The molecule has 0 radical (unpaired) electrons. The third kappa shape index (κ3) is 3.62. The molecule has 0 atom stereocenters. The molecule has 1 amide bonds. The van der Waals surface area contributed by atoms with E-state index in [4.69, 9.17) is 4.42 Å². The lowest BCUT2D eigenvalue weighted by Crippen LogP contribution is -2.39. The SMILES string of the molecule is CN(C(=O)/C=C/c1nc2ccccc2o1)C1CCC(CO)CC1. The van der Waals surface area contributed by atoms with Crippen molar-refractivity contribution in [2.45, 2.75) is 31.7 Å². The van der Waals surface area contributed by atoms with Crippen LogP contribution in [0.3, 0.4) is 0 Å². The normalized spacial score (nSPS) is 21.8. The molecule has 23 heavy (non-hydrogen) atoms. The van der Waals surface area contributed by atoms with Crippen LogP contribution in [0.5, 0.6) is 0 Å². The lowest BCUT2D eigenvalue weighted by molar-refractivity contribution is -0.127. The molecular formula is C18H22N2O3. The molecular weight excluding hydrogens is 292 g/mol. The van der Waals surface area contributed by atoms with E-state index in [1.807, 2.05) is 31.3 Å². The van der Waals surface area contributed by atoms with Crippen molar-refractivity contribution in [1.29, 1.82) is 0 Å². The minimum atomic E-state index is -0.0419. The van der Waals surface area contributed by atoms with Crippen LogP contribution in [-0.4, -0.2) is 40.6 Å². The average molecular weight is 314 g/mol. The van der Waals surface area contributed by atoms with Gasteiger partial charge in [-0.2, -0.15) is 0 Å². The molecule has 2 aromatic rings. The zero-order valence-corrected chi connectivity index (χ0v) is 13.3. The van der Waals surface area contributed by atoms with E-state index >= 15 is 0 Å². The van der Waals surface area contributed by atoms with E-state index in [2.05, 4.69) is 4.98 Å². The number of hydrogen-bond acceptors (Lipinski definition) is 4. The van der Waals surface area contributed by atoms with Gasteiger partial charge in [-0.15, -0.1) is 0 Å². The monoisotopic (exact) mass is 314 g/mol. The van der Waals surface area contributed by atoms with Gasteiger partial charge in [-0.3, -0.25) is 4.79 Å². The van der Waals surface area contributed by atoms with Crippen molar-refractivity contribution in [3.8, 4) is 0 Å². The van der Waals surface area contributed by atoms with Crippen molar-refractivity contribution in [3.05, 3.63) is 36.2 Å². The van der Waals surface area contributed by atoms with Crippen molar-refractivity contribution in [2.75, 3.05) is 13.7 Å². The fourth-order valence-electron chi connectivity index (χ4n) is 3.12. The minimum Gasteiger partial charge on any atom is -0.437 e. The van der Waals surface area contributed by atoms with Crippen LogP contribution < -0.4 is 0 Å². The Bertz CT molecular complexity index is 666. The number of aromatic nitrogens is 1. The number of carbonyl (C=O) groups excluding carboxylic acids is 1. The van der Waals surface area contributed by atoms with Crippen LogP contribution in [0.4, 0.5) is 0 Å². The van der Waals surface area contributed by atoms with Gasteiger partial charge in [0.2, 0.25) is 11.8 Å². The average Bonchev–Trinajstić information content (AvgIpc) is 3.02. The molecule has 1 heterocycles. The lowest BCUT2D eigenvalue weighted by atomic mass is 9.86. The second kappa shape index (κ2) is 6.96. The predicted octanol–water partition coefficient (Wildman–Crippen LogP) is 2.85. The number of fused-ring (bicyclic) bond motifs is 1. The van der Waals surface area contributed by atoms with Gasteiger partial charge < -0.3 is 14.4 Å². The summed E-state index contributed by atoms with van der Waals surface area (Å²) < 4.78 is 5.58. The van der Waals surface area contributed by atoms with Gasteiger partial charge in [-0.1, -0.05) is 12.1 Å². The van der Waals surface area contributed by atoms with Crippen molar-refractivity contribution < 1.29 is 14.3 Å². The second-order valence-corrected chi connectivity index (χ2v) is 6.16. The lowest BCUT2D eigenvalue weighted by Gasteiger charge is -2.33. The van der Waals surface area contributed by atoms with E-state index in [0.29, 0.717) is 11.8 Å². The van der Waals surface area contributed by atoms with E-state index in [9.17, 15) is 9.90 Å². The standard InChI is InChI=1S/C18H22N2O3/c1-20(14-8-6-13(12-21)7-9-14)18(22)11-10-17-19-15-4-2-3-5-16(15)23-17/h2-5,10-11,13-14,21H,6-9,12H2,1H3/b11-10+. The van der Waals surface area contributed by atoms with Gasteiger partial charge in [0, 0.05) is 31.8 Å². The molecule has 1 aliphatic carbocycles. The summed E-state index contributed by atoms with van der Waals surface area (Å²) in [5, 5.41) is 9.19. The molecule has 0 bridgehead atoms. The topological polar surface area (TPSA) is 66.6 Å². The maximum absolute atomic E-state index is 12.3. The van der Waals surface area contributed by atoms with Crippen molar-refractivity contribution in [3.63, 3.8) is 0 Å². The largest absolute Gasteiger partial charge is 0.437 e. The van der Waals surface area contributed by atoms with Gasteiger partial charge in [0.25, 0.3) is 0 Å². The van der Waals surface area contributed by atoms with Gasteiger partial charge in [-0.05, 0) is 43.7 Å². The highest BCUT2D eigenvalue weighted by Gasteiger charge is 2.25. The summed E-state index contributed by atoms with van der Waals surface area (Å²) in [6, 6.07) is 7.78. The molecule has 1 saturated carbocycles. The summed E-state index contributed by atoms with van der Waals surface area (Å²) >= 11 is 0. The van der Waals surface area contributed by atoms with Gasteiger partial charge in [0.05, 0.1) is 0 Å². The summed E-state index contributed by atoms with van der Waals surface area (Å²) in [5.74, 6) is 0.793. The van der Waals surface area contributed by atoms with Gasteiger partial charge in [0.1, 0.15) is 5.52 Å². The number of benzene rings is 1. The van der Waals surface area contributed by atoms with Crippen molar-refractivity contribution >= 4 is 23.1 Å². The Labute approximate surface area is 135 Å². The molecule has 3 rings (SSSR count). The number of nitrogens with zero attached hydrogens (tertiary/aromatic N) is 2. The van der Waals surface area contributed by atoms with Crippen LogP contribution >= 0.6 is 0 Å². The number of aliphatic hydroxyl groups excluding tert-OH is 1. The quantitative estimate of drug-likeness (QED) is 0.881. The fraction of sp³-hybridized carbons (Fsp3) is 0.444. The summed E-state index contributed by atoms with van der Waals surface area (Å²) in [5.41, 5.74) is 1.51. The van der Waals surface area contributed by atoms with Crippen LogP contribution in [0.1, 0.15) is 31.6 Å². The fourth-order valence-corrected chi connectivity index (χ4v) is 3.12. The Kier molecular flexibility index (Phi) is 4.76. The first-order valence-electron chi connectivity index (χ1n) is 8.08. The predicted molar refractivity (Wildman–Crippen MR) is 88.6 cm³/mol. The molecule has 0 unspecified atom stereocenters. The summed E-state index contributed by atoms with van der Waals surface area (Å²) in [7, 11) is 1.84. The number of aliphatic hydroxyl groups is 1. The Hall–Kier alpha value is -2.14. The minimum absolute atomic E-state index is 0.0419. The van der Waals surface area contributed by atoms with E-state index < -0.39 is 0 Å². The summed E-state index contributed by atoms with van der Waals surface area (Å²) in [4.78, 5) is 18.4. The number of carbonyl (C=O) groups is 1.